The fourth-order valence-corrected chi connectivity index (χ4v) is 3.39. The van der Waals surface area contributed by atoms with E-state index in [1.807, 2.05) is 58.0 Å². The van der Waals surface area contributed by atoms with Crippen LogP contribution < -0.4 is 5.32 Å². The van der Waals surface area contributed by atoms with E-state index in [1.165, 1.54) is 4.90 Å². The molecule has 0 aliphatic carbocycles. The van der Waals surface area contributed by atoms with Gasteiger partial charge in [0.15, 0.2) is 0 Å². The van der Waals surface area contributed by atoms with Crippen LogP contribution in [-0.2, 0) is 14.3 Å². The maximum Gasteiger partial charge on any atom is 0.278 e. The summed E-state index contributed by atoms with van der Waals surface area (Å²) >= 11 is 6.05. The third-order valence-corrected chi connectivity index (χ3v) is 4.96. The quantitative estimate of drug-likeness (QED) is 0.676. The number of ether oxygens (including phenoxy) is 1. The molecule has 1 aliphatic rings. The second-order valence-corrected chi connectivity index (χ2v) is 7.82. The van der Waals surface area contributed by atoms with Gasteiger partial charge in [-0.05, 0) is 57.0 Å². The van der Waals surface area contributed by atoms with Crippen molar-refractivity contribution in [3.05, 3.63) is 69.9 Å². The summed E-state index contributed by atoms with van der Waals surface area (Å²) < 4.78 is 5.54. The molecule has 0 bridgehead atoms. The predicted octanol–water partition coefficient (Wildman–Crippen LogP) is 4.57. The van der Waals surface area contributed by atoms with Crippen LogP contribution >= 0.6 is 11.6 Å². The van der Waals surface area contributed by atoms with Gasteiger partial charge in [-0.25, -0.2) is 0 Å². The number of hydrogen-bond donors (Lipinski definition) is 1. The number of halogens is 1. The van der Waals surface area contributed by atoms with Gasteiger partial charge in [-0.1, -0.05) is 41.4 Å². The van der Waals surface area contributed by atoms with Crippen LogP contribution in [0.2, 0.25) is 5.02 Å². The molecular weight excluding hydrogens is 388 g/mol. The minimum absolute atomic E-state index is 0.0293. The van der Waals surface area contributed by atoms with Crippen molar-refractivity contribution in [3.8, 4) is 0 Å². The standard InChI is InChI=1S/C23H25ClN2O3/c1-14(2)29-12-11-26-22(27)20(17-7-5-15(3)6-8-17)21(23(26)28)25-19-10-9-18(24)13-16(19)4/h5-10,13-14,25H,11-12H2,1-4H3. The molecule has 0 saturated carbocycles. The summed E-state index contributed by atoms with van der Waals surface area (Å²) in [5.74, 6) is -0.674. The predicted molar refractivity (Wildman–Crippen MR) is 116 cm³/mol. The molecule has 0 aromatic heterocycles. The third-order valence-electron chi connectivity index (χ3n) is 4.72. The van der Waals surface area contributed by atoms with E-state index in [-0.39, 0.29) is 30.2 Å². The number of nitrogens with one attached hydrogen (secondary N) is 1. The van der Waals surface area contributed by atoms with Gasteiger partial charge in [0.2, 0.25) is 0 Å². The van der Waals surface area contributed by atoms with E-state index < -0.39 is 0 Å². The number of rotatable bonds is 7. The summed E-state index contributed by atoms with van der Waals surface area (Å²) in [5, 5.41) is 3.79. The lowest BCUT2D eigenvalue weighted by atomic mass is 10.0. The highest BCUT2D eigenvalue weighted by molar-refractivity contribution is 6.36. The average Bonchev–Trinajstić information content (AvgIpc) is 2.89. The van der Waals surface area contributed by atoms with Gasteiger partial charge in [-0.15, -0.1) is 0 Å². The van der Waals surface area contributed by atoms with Crippen LogP contribution in [0, 0.1) is 13.8 Å². The van der Waals surface area contributed by atoms with E-state index >= 15 is 0 Å². The summed E-state index contributed by atoms with van der Waals surface area (Å²) in [6, 6.07) is 12.9. The highest BCUT2D eigenvalue weighted by atomic mass is 35.5. The van der Waals surface area contributed by atoms with Crippen molar-refractivity contribution in [2.45, 2.75) is 33.8 Å². The first-order chi connectivity index (χ1) is 13.8. The van der Waals surface area contributed by atoms with Gasteiger partial charge in [-0.3, -0.25) is 14.5 Å². The average molecular weight is 413 g/mol. The van der Waals surface area contributed by atoms with E-state index in [2.05, 4.69) is 5.32 Å². The van der Waals surface area contributed by atoms with Crippen LogP contribution in [0.3, 0.4) is 0 Å². The van der Waals surface area contributed by atoms with E-state index in [4.69, 9.17) is 16.3 Å². The number of anilines is 1. The molecule has 3 rings (SSSR count). The van der Waals surface area contributed by atoms with E-state index in [0.29, 0.717) is 22.8 Å². The van der Waals surface area contributed by atoms with Crippen molar-refractivity contribution in [1.82, 2.24) is 4.90 Å². The minimum atomic E-state index is -0.354. The lowest BCUT2D eigenvalue weighted by Gasteiger charge is -2.16. The first-order valence-corrected chi connectivity index (χ1v) is 9.98. The van der Waals surface area contributed by atoms with Gasteiger partial charge in [0.25, 0.3) is 11.8 Å². The molecule has 152 valence electrons. The topological polar surface area (TPSA) is 58.6 Å². The Labute approximate surface area is 176 Å². The van der Waals surface area contributed by atoms with Gasteiger partial charge < -0.3 is 10.1 Å². The van der Waals surface area contributed by atoms with Crippen molar-refractivity contribution in [3.63, 3.8) is 0 Å². The van der Waals surface area contributed by atoms with Crippen LogP contribution in [0.15, 0.2) is 48.2 Å². The lowest BCUT2D eigenvalue weighted by molar-refractivity contribution is -0.137. The first-order valence-electron chi connectivity index (χ1n) is 9.60. The molecule has 0 radical (unpaired) electrons. The molecular formula is C23H25ClN2O3. The number of amides is 2. The maximum atomic E-state index is 13.1. The fourth-order valence-electron chi connectivity index (χ4n) is 3.16. The van der Waals surface area contributed by atoms with Crippen LogP contribution in [0.25, 0.3) is 5.57 Å². The summed E-state index contributed by atoms with van der Waals surface area (Å²) in [6.07, 6.45) is 0.0293. The molecule has 0 fully saturated rings. The largest absolute Gasteiger partial charge is 0.377 e. The Balaban J connectivity index is 1.98. The summed E-state index contributed by atoms with van der Waals surface area (Å²) in [5.41, 5.74) is 4.04. The Bertz CT molecular complexity index is 965. The molecule has 2 aromatic rings. The van der Waals surface area contributed by atoms with Gasteiger partial charge in [-0.2, -0.15) is 0 Å². The van der Waals surface area contributed by atoms with Crippen molar-refractivity contribution in [1.29, 1.82) is 0 Å². The molecule has 0 spiro atoms. The van der Waals surface area contributed by atoms with Gasteiger partial charge in [0.1, 0.15) is 5.70 Å². The van der Waals surface area contributed by atoms with E-state index in [9.17, 15) is 9.59 Å². The van der Waals surface area contributed by atoms with E-state index in [0.717, 1.165) is 16.8 Å². The number of carbonyl (C=O) groups excluding carboxylic acids is 2. The third kappa shape index (κ3) is 4.69. The first kappa shape index (κ1) is 21.1. The zero-order valence-corrected chi connectivity index (χ0v) is 17.8. The van der Waals surface area contributed by atoms with Crippen LogP contribution in [0.4, 0.5) is 5.69 Å². The zero-order valence-electron chi connectivity index (χ0n) is 17.1. The number of benzene rings is 2. The number of aryl methyl sites for hydroxylation is 2. The molecule has 6 heteroatoms. The zero-order chi connectivity index (χ0) is 21.1. The fraction of sp³-hybridized carbons (Fsp3) is 0.304. The highest BCUT2D eigenvalue weighted by Crippen LogP contribution is 2.32. The monoisotopic (exact) mass is 412 g/mol. The molecule has 2 amide bonds. The van der Waals surface area contributed by atoms with E-state index in [1.54, 1.807) is 12.1 Å². The lowest BCUT2D eigenvalue weighted by Crippen LogP contribution is -2.35. The summed E-state index contributed by atoms with van der Waals surface area (Å²) in [7, 11) is 0. The van der Waals surface area contributed by atoms with Crippen molar-refractivity contribution >= 4 is 34.7 Å². The summed E-state index contributed by atoms with van der Waals surface area (Å²) in [4.78, 5) is 27.5. The number of hydrogen-bond acceptors (Lipinski definition) is 4. The molecule has 1 N–H and O–H groups in total. The Morgan fingerprint density at radius 3 is 2.34 bits per heavy atom. The molecule has 0 atom stereocenters. The second kappa shape index (κ2) is 8.80. The molecule has 1 heterocycles. The van der Waals surface area contributed by atoms with Crippen LogP contribution in [-0.4, -0.2) is 36.0 Å². The smallest absolute Gasteiger partial charge is 0.278 e. The van der Waals surface area contributed by atoms with Crippen molar-refractivity contribution < 1.29 is 14.3 Å². The van der Waals surface area contributed by atoms with Crippen LogP contribution in [0.5, 0.6) is 0 Å². The van der Waals surface area contributed by atoms with Gasteiger partial charge in [0, 0.05) is 10.7 Å². The molecule has 0 saturated heterocycles. The van der Waals surface area contributed by atoms with Crippen molar-refractivity contribution in [2.75, 3.05) is 18.5 Å². The SMILES string of the molecule is Cc1ccc(C2=C(Nc3ccc(Cl)cc3C)C(=O)N(CCOC(C)C)C2=O)cc1. The van der Waals surface area contributed by atoms with Gasteiger partial charge >= 0.3 is 0 Å². The minimum Gasteiger partial charge on any atom is -0.377 e. The Morgan fingerprint density at radius 1 is 1.03 bits per heavy atom. The highest BCUT2D eigenvalue weighted by Gasteiger charge is 2.39. The number of carbonyl (C=O) groups is 2. The van der Waals surface area contributed by atoms with Gasteiger partial charge in [0.05, 0.1) is 24.8 Å². The Hall–Kier alpha value is -2.63. The molecule has 1 aliphatic heterocycles. The molecule has 2 aromatic carbocycles. The molecule has 29 heavy (non-hydrogen) atoms. The number of imide groups is 1. The maximum absolute atomic E-state index is 13.1. The van der Waals surface area contributed by atoms with Crippen LogP contribution in [0.1, 0.15) is 30.5 Å². The molecule has 5 nitrogen and oxygen atoms in total. The normalized spacial score (nSPS) is 14.3. The molecule has 0 unspecified atom stereocenters. The van der Waals surface area contributed by atoms with Crippen molar-refractivity contribution in [2.24, 2.45) is 0 Å². The number of nitrogens with zero attached hydrogens (tertiary/aromatic N) is 1. The second-order valence-electron chi connectivity index (χ2n) is 7.38. The Morgan fingerprint density at radius 2 is 1.72 bits per heavy atom. The summed E-state index contributed by atoms with van der Waals surface area (Å²) in [6.45, 7) is 8.21. The Kier molecular flexibility index (Phi) is 6.40.